The van der Waals surface area contributed by atoms with Crippen molar-refractivity contribution in [1.82, 2.24) is 9.62 Å². The lowest BCUT2D eigenvalue weighted by Gasteiger charge is -2.18. The number of amides is 1. The minimum absolute atomic E-state index is 0.0870. The fourth-order valence-electron chi connectivity index (χ4n) is 2.93. The van der Waals surface area contributed by atoms with Gasteiger partial charge in [-0.1, -0.05) is 32.0 Å². The van der Waals surface area contributed by atoms with Crippen molar-refractivity contribution in [2.75, 3.05) is 26.8 Å². The van der Waals surface area contributed by atoms with Crippen molar-refractivity contribution in [2.24, 2.45) is 0 Å². The number of methoxy groups -OCH3 is 1. The fourth-order valence-corrected chi connectivity index (χ4v) is 4.39. The number of hydrogen-bond acceptors (Lipinski definition) is 6. The van der Waals surface area contributed by atoms with Crippen LogP contribution in [0.5, 0.6) is 11.5 Å². The molecule has 0 saturated carbocycles. The zero-order valence-electron chi connectivity index (χ0n) is 18.4. The van der Waals surface area contributed by atoms with Gasteiger partial charge in [0.2, 0.25) is 15.9 Å². The summed E-state index contributed by atoms with van der Waals surface area (Å²) in [5.41, 5.74) is 1.51. The van der Waals surface area contributed by atoms with Crippen molar-refractivity contribution < 1.29 is 22.7 Å². The number of nitrogens with one attached hydrogen (secondary N) is 1. The molecule has 0 radical (unpaired) electrons. The van der Waals surface area contributed by atoms with E-state index in [1.54, 1.807) is 62.4 Å². The highest BCUT2D eigenvalue weighted by Gasteiger charge is 2.21. The molecule has 0 aliphatic heterocycles. The van der Waals surface area contributed by atoms with E-state index in [0.717, 1.165) is 11.1 Å². The zero-order valence-corrected chi connectivity index (χ0v) is 19.2. The summed E-state index contributed by atoms with van der Waals surface area (Å²) in [4.78, 5) is 12.4. The SMILES string of the molecule is CCN(CC)S(=O)(=O)c1ccc(CNC(=O)/C=C/c2ccc(OCC#N)c(OC)c2)cc1. The third kappa shape index (κ3) is 6.57. The Morgan fingerprint density at radius 2 is 1.81 bits per heavy atom. The van der Waals surface area contributed by atoms with E-state index >= 15 is 0 Å². The molecule has 0 bridgehead atoms. The van der Waals surface area contributed by atoms with Gasteiger partial charge in [-0.2, -0.15) is 9.57 Å². The Bertz CT molecular complexity index is 1090. The number of rotatable bonds is 11. The van der Waals surface area contributed by atoms with Gasteiger partial charge in [0.1, 0.15) is 6.07 Å². The highest BCUT2D eigenvalue weighted by molar-refractivity contribution is 7.89. The van der Waals surface area contributed by atoms with Crippen molar-refractivity contribution >= 4 is 22.0 Å². The van der Waals surface area contributed by atoms with E-state index in [1.807, 2.05) is 6.07 Å². The van der Waals surface area contributed by atoms with E-state index in [2.05, 4.69) is 5.32 Å². The molecule has 2 aromatic carbocycles. The first-order valence-corrected chi connectivity index (χ1v) is 11.5. The molecule has 0 fully saturated rings. The molecular weight excluding hydrogens is 430 g/mol. The number of sulfonamides is 1. The van der Waals surface area contributed by atoms with E-state index in [0.29, 0.717) is 24.6 Å². The summed E-state index contributed by atoms with van der Waals surface area (Å²) < 4.78 is 37.0. The molecular formula is C23H27N3O5S. The Labute approximate surface area is 189 Å². The normalized spacial score (nSPS) is 11.3. The van der Waals surface area contributed by atoms with E-state index in [9.17, 15) is 13.2 Å². The summed E-state index contributed by atoms with van der Waals surface area (Å²) in [5, 5.41) is 11.4. The smallest absolute Gasteiger partial charge is 0.244 e. The molecule has 0 heterocycles. The molecule has 2 aromatic rings. The summed E-state index contributed by atoms with van der Waals surface area (Å²) in [5.74, 6) is 0.610. The second-order valence-corrected chi connectivity index (χ2v) is 8.58. The summed E-state index contributed by atoms with van der Waals surface area (Å²) >= 11 is 0. The maximum Gasteiger partial charge on any atom is 0.244 e. The van der Waals surface area contributed by atoms with Crippen LogP contribution in [0.25, 0.3) is 6.08 Å². The Morgan fingerprint density at radius 1 is 1.12 bits per heavy atom. The van der Waals surface area contributed by atoms with Crippen molar-refractivity contribution in [3.05, 3.63) is 59.7 Å². The predicted octanol–water partition coefficient (Wildman–Crippen LogP) is 2.96. The number of nitriles is 1. The molecule has 0 atom stereocenters. The molecule has 0 aliphatic rings. The molecule has 0 saturated heterocycles. The number of nitrogens with zero attached hydrogens (tertiary/aromatic N) is 2. The largest absolute Gasteiger partial charge is 0.493 e. The van der Waals surface area contributed by atoms with Crippen LogP contribution in [0.1, 0.15) is 25.0 Å². The quantitative estimate of drug-likeness (QED) is 0.520. The summed E-state index contributed by atoms with van der Waals surface area (Å²) in [6.07, 6.45) is 3.02. The number of ether oxygens (including phenoxy) is 2. The van der Waals surface area contributed by atoms with Crippen LogP contribution in [0.4, 0.5) is 0 Å². The van der Waals surface area contributed by atoms with Gasteiger partial charge in [-0.25, -0.2) is 8.42 Å². The molecule has 0 aromatic heterocycles. The van der Waals surface area contributed by atoms with Crippen molar-refractivity contribution in [1.29, 1.82) is 5.26 Å². The van der Waals surface area contributed by atoms with Crippen LogP contribution < -0.4 is 14.8 Å². The number of hydrogen-bond donors (Lipinski definition) is 1. The first-order chi connectivity index (χ1) is 15.3. The van der Waals surface area contributed by atoms with Crippen LogP contribution in [-0.4, -0.2) is 45.4 Å². The molecule has 1 N–H and O–H groups in total. The maximum absolute atomic E-state index is 12.5. The van der Waals surface area contributed by atoms with E-state index in [4.69, 9.17) is 14.7 Å². The fraction of sp³-hybridized carbons (Fsp3) is 0.304. The summed E-state index contributed by atoms with van der Waals surface area (Å²) in [6, 6.07) is 13.5. The van der Waals surface area contributed by atoms with Crippen molar-refractivity contribution in [3.8, 4) is 17.6 Å². The number of benzene rings is 2. The minimum atomic E-state index is -3.50. The molecule has 32 heavy (non-hydrogen) atoms. The summed E-state index contributed by atoms with van der Waals surface area (Å²) in [7, 11) is -2.01. The Morgan fingerprint density at radius 3 is 2.41 bits per heavy atom. The van der Waals surface area contributed by atoms with Gasteiger partial charge in [0.05, 0.1) is 12.0 Å². The molecule has 9 heteroatoms. The standard InChI is InChI=1S/C23H27N3O5S/c1-4-26(5-2)32(28,29)20-10-6-19(7-11-20)17-25-23(27)13-9-18-8-12-21(31-15-14-24)22(16-18)30-3/h6-13,16H,4-5,15,17H2,1-3H3,(H,25,27)/b13-9+. The Hall–Kier alpha value is -3.35. The third-order valence-electron chi connectivity index (χ3n) is 4.64. The van der Waals surface area contributed by atoms with Crippen molar-refractivity contribution in [3.63, 3.8) is 0 Å². The van der Waals surface area contributed by atoms with E-state index in [1.165, 1.54) is 17.5 Å². The topological polar surface area (TPSA) is 109 Å². The number of carbonyl (C=O) groups excluding carboxylic acids is 1. The van der Waals surface area contributed by atoms with Crippen molar-refractivity contribution in [2.45, 2.75) is 25.3 Å². The summed E-state index contributed by atoms with van der Waals surface area (Å²) in [6.45, 7) is 4.58. The Kier molecular flexibility index (Phi) is 9.25. The number of carbonyl (C=O) groups is 1. The second-order valence-electron chi connectivity index (χ2n) is 6.64. The van der Waals surface area contributed by atoms with Gasteiger partial charge in [0.15, 0.2) is 18.1 Å². The van der Waals surface area contributed by atoms with Crippen LogP contribution in [-0.2, 0) is 21.4 Å². The van der Waals surface area contributed by atoms with Crippen LogP contribution in [0, 0.1) is 11.3 Å². The molecule has 1 amide bonds. The van der Waals surface area contributed by atoms with Gasteiger partial charge in [-0.15, -0.1) is 0 Å². The molecule has 0 aliphatic carbocycles. The van der Waals surface area contributed by atoms with Gasteiger partial charge < -0.3 is 14.8 Å². The second kappa shape index (κ2) is 11.9. The molecule has 2 rings (SSSR count). The monoisotopic (exact) mass is 457 g/mol. The molecule has 8 nitrogen and oxygen atoms in total. The Balaban J connectivity index is 1.97. The molecule has 0 spiro atoms. The molecule has 170 valence electrons. The lowest BCUT2D eigenvalue weighted by Crippen LogP contribution is -2.30. The van der Waals surface area contributed by atoms with Gasteiger partial charge in [-0.3, -0.25) is 4.79 Å². The van der Waals surface area contributed by atoms with Gasteiger partial charge in [0, 0.05) is 25.7 Å². The first-order valence-electron chi connectivity index (χ1n) is 10.1. The van der Waals surface area contributed by atoms with Gasteiger partial charge >= 0.3 is 0 Å². The average Bonchev–Trinajstić information content (AvgIpc) is 2.81. The average molecular weight is 458 g/mol. The van der Waals surface area contributed by atoms with Crippen LogP contribution in [0.15, 0.2) is 53.4 Å². The first kappa shape index (κ1) is 24.9. The highest BCUT2D eigenvalue weighted by Crippen LogP contribution is 2.28. The van der Waals surface area contributed by atoms with Crippen LogP contribution in [0.2, 0.25) is 0 Å². The van der Waals surface area contributed by atoms with Gasteiger partial charge in [0.25, 0.3) is 0 Å². The molecule has 0 unspecified atom stereocenters. The third-order valence-corrected chi connectivity index (χ3v) is 6.70. The van der Waals surface area contributed by atoms with E-state index < -0.39 is 10.0 Å². The maximum atomic E-state index is 12.5. The van der Waals surface area contributed by atoms with E-state index in [-0.39, 0.29) is 24.0 Å². The highest BCUT2D eigenvalue weighted by atomic mass is 32.2. The lowest BCUT2D eigenvalue weighted by atomic mass is 10.2. The minimum Gasteiger partial charge on any atom is -0.493 e. The van der Waals surface area contributed by atoms with Crippen LogP contribution in [0.3, 0.4) is 0 Å². The zero-order chi connectivity index (χ0) is 23.6. The predicted molar refractivity (Wildman–Crippen MR) is 122 cm³/mol. The lowest BCUT2D eigenvalue weighted by molar-refractivity contribution is -0.116. The van der Waals surface area contributed by atoms with Gasteiger partial charge in [-0.05, 0) is 41.5 Å². The van der Waals surface area contributed by atoms with Crippen LogP contribution >= 0.6 is 0 Å².